The van der Waals surface area contributed by atoms with E-state index in [1.54, 1.807) is 14.2 Å². The maximum atomic E-state index is 5.87. The third-order valence-corrected chi connectivity index (χ3v) is 2.16. The number of benzene rings is 1. The summed E-state index contributed by atoms with van der Waals surface area (Å²) in [5, 5.41) is 0. The molecule has 0 bridgehead atoms. The van der Waals surface area contributed by atoms with Gasteiger partial charge in [0.15, 0.2) is 11.5 Å². The molecule has 3 nitrogen and oxygen atoms in total. The summed E-state index contributed by atoms with van der Waals surface area (Å²) in [5.41, 5.74) is 7.75. The largest absolute Gasteiger partial charge is 0.493 e. The molecule has 0 amide bonds. The SMILES string of the molecule is CCCc1cc(OC)c(OC)cc1N. The second kappa shape index (κ2) is 4.74. The van der Waals surface area contributed by atoms with Gasteiger partial charge in [0.1, 0.15) is 0 Å². The fourth-order valence-corrected chi connectivity index (χ4v) is 1.42. The molecule has 3 heteroatoms. The fraction of sp³-hybridized carbons (Fsp3) is 0.455. The van der Waals surface area contributed by atoms with Crippen LogP contribution in [0.4, 0.5) is 5.69 Å². The van der Waals surface area contributed by atoms with Crippen molar-refractivity contribution in [2.45, 2.75) is 19.8 Å². The number of nitrogens with two attached hydrogens (primary N) is 1. The van der Waals surface area contributed by atoms with E-state index in [9.17, 15) is 0 Å². The Balaban J connectivity index is 3.09. The molecule has 0 saturated carbocycles. The van der Waals surface area contributed by atoms with Crippen molar-refractivity contribution in [3.8, 4) is 11.5 Å². The predicted octanol–water partition coefficient (Wildman–Crippen LogP) is 2.24. The van der Waals surface area contributed by atoms with Gasteiger partial charge in [-0.25, -0.2) is 0 Å². The summed E-state index contributed by atoms with van der Waals surface area (Å²) in [6.45, 7) is 2.12. The molecule has 2 N–H and O–H groups in total. The van der Waals surface area contributed by atoms with Crippen LogP contribution >= 0.6 is 0 Å². The average Bonchev–Trinajstić information content (AvgIpc) is 2.20. The molecule has 0 saturated heterocycles. The third-order valence-electron chi connectivity index (χ3n) is 2.16. The number of anilines is 1. The Morgan fingerprint density at radius 3 is 2.21 bits per heavy atom. The maximum Gasteiger partial charge on any atom is 0.162 e. The summed E-state index contributed by atoms with van der Waals surface area (Å²) < 4.78 is 10.3. The van der Waals surface area contributed by atoms with E-state index >= 15 is 0 Å². The van der Waals surface area contributed by atoms with Gasteiger partial charge in [0.05, 0.1) is 14.2 Å². The molecule has 78 valence electrons. The van der Waals surface area contributed by atoms with Crippen molar-refractivity contribution in [1.82, 2.24) is 0 Å². The Morgan fingerprint density at radius 1 is 1.14 bits per heavy atom. The van der Waals surface area contributed by atoms with Crippen molar-refractivity contribution in [3.05, 3.63) is 17.7 Å². The Morgan fingerprint density at radius 2 is 1.71 bits per heavy atom. The molecular weight excluding hydrogens is 178 g/mol. The van der Waals surface area contributed by atoms with Crippen LogP contribution in [0, 0.1) is 0 Å². The molecule has 0 atom stereocenters. The normalized spacial score (nSPS) is 9.93. The lowest BCUT2D eigenvalue weighted by atomic mass is 10.1. The molecule has 0 radical (unpaired) electrons. The standard InChI is InChI=1S/C11H17NO2/c1-4-5-8-6-10(13-2)11(14-3)7-9(8)12/h6-7H,4-5,12H2,1-3H3. The summed E-state index contributed by atoms with van der Waals surface area (Å²) in [7, 11) is 3.24. The highest BCUT2D eigenvalue weighted by Crippen LogP contribution is 2.32. The Hall–Kier alpha value is -1.38. The van der Waals surface area contributed by atoms with Crippen LogP contribution < -0.4 is 15.2 Å². The van der Waals surface area contributed by atoms with Crippen molar-refractivity contribution < 1.29 is 9.47 Å². The summed E-state index contributed by atoms with van der Waals surface area (Å²) in [5.74, 6) is 1.43. The number of ether oxygens (including phenoxy) is 2. The van der Waals surface area contributed by atoms with Crippen molar-refractivity contribution in [1.29, 1.82) is 0 Å². The summed E-state index contributed by atoms with van der Waals surface area (Å²) in [6, 6.07) is 3.75. The third kappa shape index (κ3) is 2.10. The number of methoxy groups -OCH3 is 2. The fourth-order valence-electron chi connectivity index (χ4n) is 1.42. The minimum atomic E-state index is 0.685. The van der Waals surface area contributed by atoms with Gasteiger partial charge >= 0.3 is 0 Å². The van der Waals surface area contributed by atoms with Gasteiger partial charge in [0.25, 0.3) is 0 Å². The van der Waals surface area contributed by atoms with Crippen molar-refractivity contribution in [3.63, 3.8) is 0 Å². The van der Waals surface area contributed by atoms with Gasteiger partial charge in [0.2, 0.25) is 0 Å². The van der Waals surface area contributed by atoms with E-state index < -0.39 is 0 Å². The van der Waals surface area contributed by atoms with E-state index in [2.05, 4.69) is 6.92 Å². The Kier molecular flexibility index (Phi) is 3.63. The van der Waals surface area contributed by atoms with Crippen LogP contribution in [0.2, 0.25) is 0 Å². The molecule has 1 rings (SSSR count). The smallest absolute Gasteiger partial charge is 0.162 e. The molecule has 0 unspecified atom stereocenters. The number of rotatable bonds is 4. The minimum absolute atomic E-state index is 0.685. The number of nitrogen functional groups attached to an aromatic ring is 1. The lowest BCUT2D eigenvalue weighted by Gasteiger charge is -2.11. The Bertz CT molecular complexity index is 310. The Labute approximate surface area is 84.8 Å². The molecule has 0 fully saturated rings. The molecule has 1 aromatic carbocycles. The van der Waals surface area contributed by atoms with Gasteiger partial charge in [-0.2, -0.15) is 0 Å². The zero-order chi connectivity index (χ0) is 10.6. The molecule has 0 spiro atoms. The molecule has 14 heavy (non-hydrogen) atoms. The second-order valence-electron chi connectivity index (χ2n) is 3.16. The predicted molar refractivity (Wildman–Crippen MR) is 58.0 cm³/mol. The van der Waals surface area contributed by atoms with Crippen LogP contribution in [0.15, 0.2) is 12.1 Å². The van der Waals surface area contributed by atoms with Crippen LogP contribution in [-0.4, -0.2) is 14.2 Å². The first-order chi connectivity index (χ1) is 6.72. The van der Waals surface area contributed by atoms with Crippen LogP contribution in [-0.2, 0) is 6.42 Å². The molecule has 0 aliphatic rings. The van der Waals surface area contributed by atoms with Gasteiger partial charge in [-0.1, -0.05) is 13.3 Å². The van der Waals surface area contributed by atoms with Crippen LogP contribution in [0.3, 0.4) is 0 Å². The van der Waals surface area contributed by atoms with E-state index in [-0.39, 0.29) is 0 Å². The van der Waals surface area contributed by atoms with E-state index in [1.165, 1.54) is 0 Å². The zero-order valence-corrected chi connectivity index (χ0v) is 8.96. The van der Waals surface area contributed by atoms with Gasteiger partial charge in [0, 0.05) is 11.8 Å². The lowest BCUT2D eigenvalue weighted by molar-refractivity contribution is 0.355. The highest BCUT2D eigenvalue weighted by Gasteiger charge is 2.07. The maximum absolute atomic E-state index is 5.87. The summed E-state index contributed by atoms with van der Waals surface area (Å²) >= 11 is 0. The number of aryl methyl sites for hydroxylation is 1. The van der Waals surface area contributed by atoms with Crippen molar-refractivity contribution in [2.75, 3.05) is 20.0 Å². The monoisotopic (exact) mass is 195 g/mol. The lowest BCUT2D eigenvalue weighted by Crippen LogP contribution is -1.98. The van der Waals surface area contributed by atoms with Gasteiger partial charge < -0.3 is 15.2 Å². The van der Waals surface area contributed by atoms with Gasteiger partial charge in [-0.05, 0) is 18.1 Å². The summed E-state index contributed by atoms with van der Waals surface area (Å²) in [4.78, 5) is 0. The second-order valence-corrected chi connectivity index (χ2v) is 3.16. The quantitative estimate of drug-likeness (QED) is 0.749. The molecule has 0 aliphatic heterocycles. The van der Waals surface area contributed by atoms with E-state index in [4.69, 9.17) is 15.2 Å². The van der Waals surface area contributed by atoms with Crippen LogP contribution in [0.5, 0.6) is 11.5 Å². The molecule has 0 aliphatic carbocycles. The zero-order valence-electron chi connectivity index (χ0n) is 8.96. The summed E-state index contributed by atoms with van der Waals surface area (Å²) in [6.07, 6.45) is 2.03. The highest BCUT2D eigenvalue weighted by atomic mass is 16.5. The molecular formula is C11H17NO2. The average molecular weight is 195 g/mol. The first-order valence-electron chi connectivity index (χ1n) is 4.73. The van der Waals surface area contributed by atoms with Crippen molar-refractivity contribution in [2.24, 2.45) is 0 Å². The number of hydrogen-bond acceptors (Lipinski definition) is 3. The topological polar surface area (TPSA) is 44.5 Å². The molecule has 1 aromatic rings. The van der Waals surface area contributed by atoms with E-state index in [1.807, 2.05) is 12.1 Å². The van der Waals surface area contributed by atoms with Gasteiger partial charge in [-0.3, -0.25) is 0 Å². The van der Waals surface area contributed by atoms with Gasteiger partial charge in [-0.15, -0.1) is 0 Å². The molecule has 0 aromatic heterocycles. The molecule has 0 heterocycles. The van der Waals surface area contributed by atoms with E-state index in [0.29, 0.717) is 5.75 Å². The highest BCUT2D eigenvalue weighted by molar-refractivity contribution is 5.57. The minimum Gasteiger partial charge on any atom is -0.493 e. The van der Waals surface area contributed by atoms with Crippen LogP contribution in [0.1, 0.15) is 18.9 Å². The van der Waals surface area contributed by atoms with E-state index in [0.717, 1.165) is 29.8 Å². The van der Waals surface area contributed by atoms with Crippen LogP contribution in [0.25, 0.3) is 0 Å². The first-order valence-corrected chi connectivity index (χ1v) is 4.73. The number of hydrogen-bond donors (Lipinski definition) is 1. The van der Waals surface area contributed by atoms with Crippen molar-refractivity contribution >= 4 is 5.69 Å². The first kappa shape index (κ1) is 10.7.